The summed E-state index contributed by atoms with van der Waals surface area (Å²) in [7, 11) is 0. The Balaban J connectivity index is 1.86. The molecule has 102 valence electrons. The number of carbonyl (C=O) groups excluding carboxylic acids is 1. The summed E-state index contributed by atoms with van der Waals surface area (Å²) in [4.78, 5) is 26.8. The monoisotopic (exact) mass is 265 g/mol. The summed E-state index contributed by atoms with van der Waals surface area (Å²) < 4.78 is 0. The van der Waals surface area contributed by atoms with E-state index in [2.05, 4.69) is 15.1 Å². The fraction of sp³-hybridized carbons (Fsp3) is 0.636. The molecule has 4 heterocycles. The summed E-state index contributed by atoms with van der Waals surface area (Å²) in [6.45, 7) is 3.46. The van der Waals surface area contributed by atoms with Crippen LogP contribution in [-0.4, -0.2) is 63.0 Å². The molecule has 8 nitrogen and oxygen atoms in total. The first kappa shape index (κ1) is 12.1. The molecule has 0 radical (unpaired) electrons. The quantitative estimate of drug-likeness (QED) is 0.610. The van der Waals surface area contributed by atoms with Crippen molar-refractivity contribution in [3.05, 3.63) is 22.0 Å². The van der Waals surface area contributed by atoms with Gasteiger partial charge in [0.15, 0.2) is 0 Å². The molecule has 4 rings (SSSR count). The molecule has 2 bridgehead atoms. The summed E-state index contributed by atoms with van der Waals surface area (Å²) in [5, 5.41) is 16.9. The topological polar surface area (TPSA) is 95.4 Å². The van der Waals surface area contributed by atoms with E-state index in [1.54, 1.807) is 4.90 Å². The van der Waals surface area contributed by atoms with Crippen molar-refractivity contribution in [1.82, 2.24) is 20.0 Å². The van der Waals surface area contributed by atoms with E-state index in [0.29, 0.717) is 6.54 Å². The molecule has 1 N–H and O–H groups in total. The summed E-state index contributed by atoms with van der Waals surface area (Å²) in [6.07, 6.45) is 2.97. The van der Waals surface area contributed by atoms with E-state index in [4.69, 9.17) is 0 Å². The number of nitrogens with zero attached hydrogens (tertiary/aromatic N) is 4. The SMILES string of the molecule is O=C(c1[nH]ncc1[N+](=O)[O-])N1CCN2CCC1CC2. The number of hydrogen-bond acceptors (Lipinski definition) is 5. The lowest BCUT2D eigenvalue weighted by atomic mass is 10.0. The molecule has 0 saturated carbocycles. The summed E-state index contributed by atoms with van der Waals surface area (Å²) in [6, 6.07) is 0.189. The molecule has 0 spiro atoms. The van der Waals surface area contributed by atoms with Gasteiger partial charge in [-0.15, -0.1) is 0 Å². The van der Waals surface area contributed by atoms with Crippen LogP contribution in [0.25, 0.3) is 0 Å². The van der Waals surface area contributed by atoms with Crippen LogP contribution in [0.3, 0.4) is 0 Å². The zero-order valence-corrected chi connectivity index (χ0v) is 10.4. The molecule has 0 atom stereocenters. The molecule has 8 heteroatoms. The van der Waals surface area contributed by atoms with Crippen molar-refractivity contribution in [2.45, 2.75) is 18.9 Å². The Bertz CT molecular complexity index is 506. The highest BCUT2D eigenvalue weighted by molar-refractivity contribution is 5.96. The van der Waals surface area contributed by atoms with Crippen molar-refractivity contribution in [3.63, 3.8) is 0 Å². The highest BCUT2D eigenvalue weighted by Gasteiger charge is 2.35. The number of aromatic nitrogens is 2. The van der Waals surface area contributed by atoms with Gasteiger partial charge in [0.1, 0.15) is 6.20 Å². The van der Waals surface area contributed by atoms with Crippen LogP contribution in [0.5, 0.6) is 0 Å². The number of nitrogens with one attached hydrogen (secondary N) is 1. The minimum Gasteiger partial charge on any atom is -0.333 e. The number of nitro groups is 1. The van der Waals surface area contributed by atoms with Crippen molar-refractivity contribution in [2.24, 2.45) is 0 Å². The maximum absolute atomic E-state index is 12.5. The molecule has 0 aliphatic carbocycles. The number of rotatable bonds is 2. The predicted octanol–water partition coefficient (Wildman–Crippen LogP) is 0.238. The lowest BCUT2D eigenvalue weighted by Gasteiger charge is -2.30. The van der Waals surface area contributed by atoms with Crippen LogP contribution in [0.4, 0.5) is 5.69 Å². The van der Waals surface area contributed by atoms with Crippen LogP contribution in [0.1, 0.15) is 23.3 Å². The molecular formula is C11H15N5O3. The van der Waals surface area contributed by atoms with E-state index in [-0.39, 0.29) is 23.3 Å². The largest absolute Gasteiger partial charge is 0.333 e. The van der Waals surface area contributed by atoms with Gasteiger partial charge in [-0.1, -0.05) is 0 Å². The smallest absolute Gasteiger partial charge is 0.319 e. The lowest BCUT2D eigenvalue weighted by Crippen LogP contribution is -2.41. The molecule has 1 aromatic heterocycles. The average Bonchev–Trinajstić information content (AvgIpc) is 2.72. The third kappa shape index (κ3) is 2.07. The van der Waals surface area contributed by atoms with Crippen LogP contribution in [0.2, 0.25) is 0 Å². The number of fused-ring (bicyclic) bond motifs is 4. The van der Waals surface area contributed by atoms with Gasteiger partial charge in [-0.2, -0.15) is 5.10 Å². The Labute approximate surface area is 109 Å². The normalized spacial score (nSPS) is 26.2. The van der Waals surface area contributed by atoms with Crippen molar-refractivity contribution < 1.29 is 9.72 Å². The number of amides is 1. The van der Waals surface area contributed by atoms with Crippen LogP contribution in [0, 0.1) is 10.1 Å². The molecule has 0 unspecified atom stereocenters. The molecule has 3 aliphatic rings. The first-order valence-corrected chi connectivity index (χ1v) is 6.38. The van der Waals surface area contributed by atoms with Crippen LogP contribution >= 0.6 is 0 Å². The second kappa shape index (κ2) is 4.61. The Kier molecular flexibility index (Phi) is 2.94. The lowest BCUT2D eigenvalue weighted by molar-refractivity contribution is -0.385. The van der Waals surface area contributed by atoms with E-state index in [1.807, 2.05) is 0 Å². The van der Waals surface area contributed by atoms with E-state index in [1.165, 1.54) is 0 Å². The fourth-order valence-electron chi connectivity index (χ4n) is 2.87. The zero-order valence-electron chi connectivity index (χ0n) is 10.4. The molecule has 0 aromatic carbocycles. The van der Waals surface area contributed by atoms with Gasteiger partial charge in [0.05, 0.1) is 4.92 Å². The van der Waals surface area contributed by atoms with E-state index in [9.17, 15) is 14.9 Å². The predicted molar refractivity (Wildman–Crippen MR) is 65.7 cm³/mol. The first-order chi connectivity index (χ1) is 9.16. The van der Waals surface area contributed by atoms with Crippen LogP contribution in [-0.2, 0) is 0 Å². The number of aromatic amines is 1. The van der Waals surface area contributed by atoms with Gasteiger partial charge in [-0.3, -0.25) is 20.0 Å². The van der Waals surface area contributed by atoms with Gasteiger partial charge >= 0.3 is 5.69 Å². The van der Waals surface area contributed by atoms with Crippen LogP contribution < -0.4 is 0 Å². The standard InChI is InChI=1S/C11H15N5O3/c17-11(10-9(16(18)19)7-12-13-10)15-6-5-14-3-1-8(15)2-4-14/h7-8H,1-6H2,(H,12,13). The minimum absolute atomic E-state index is 0.00894. The molecule has 1 aromatic rings. The van der Waals surface area contributed by atoms with Crippen molar-refractivity contribution >= 4 is 11.6 Å². The summed E-state index contributed by atoms with van der Waals surface area (Å²) >= 11 is 0. The number of hydrogen-bond donors (Lipinski definition) is 1. The summed E-state index contributed by atoms with van der Waals surface area (Å²) in [5.41, 5.74) is -0.255. The number of piperidine rings is 1. The van der Waals surface area contributed by atoms with E-state index >= 15 is 0 Å². The van der Waals surface area contributed by atoms with Crippen molar-refractivity contribution in [1.29, 1.82) is 0 Å². The molecule has 19 heavy (non-hydrogen) atoms. The molecule has 1 amide bonds. The average molecular weight is 265 g/mol. The number of carbonyl (C=O) groups is 1. The Hall–Kier alpha value is -1.96. The van der Waals surface area contributed by atoms with Gasteiger partial charge in [0.25, 0.3) is 5.91 Å². The van der Waals surface area contributed by atoms with E-state index < -0.39 is 4.92 Å². The maximum atomic E-state index is 12.5. The Morgan fingerprint density at radius 2 is 2.11 bits per heavy atom. The van der Waals surface area contributed by atoms with Gasteiger partial charge in [-0.25, -0.2) is 0 Å². The highest BCUT2D eigenvalue weighted by atomic mass is 16.6. The molecule has 3 fully saturated rings. The first-order valence-electron chi connectivity index (χ1n) is 6.38. The Morgan fingerprint density at radius 3 is 2.79 bits per heavy atom. The fourth-order valence-corrected chi connectivity index (χ4v) is 2.87. The van der Waals surface area contributed by atoms with Crippen molar-refractivity contribution in [3.8, 4) is 0 Å². The molecule has 3 aliphatic heterocycles. The highest BCUT2D eigenvalue weighted by Crippen LogP contribution is 2.24. The third-order valence-corrected chi connectivity index (χ3v) is 3.95. The zero-order chi connectivity index (χ0) is 13.4. The minimum atomic E-state index is -0.574. The second-order valence-electron chi connectivity index (χ2n) is 4.96. The van der Waals surface area contributed by atoms with Crippen LogP contribution in [0.15, 0.2) is 6.20 Å². The van der Waals surface area contributed by atoms with Gasteiger partial charge in [-0.05, 0) is 12.8 Å². The van der Waals surface area contributed by atoms with Gasteiger partial charge in [0, 0.05) is 32.2 Å². The van der Waals surface area contributed by atoms with Gasteiger partial charge in [0.2, 0.25) is 5.69 Å². The number of H-pyrrole nitrogens is 1. The van der Waals surface area contributed by atoms with Crippen molar-refractivity contribution in [2.75, 3.05) is 26.2 Å². The third-order valence-electron chi connectivity index (χ3n) is 3.95. The molecule has 3 saturated heterocycles. The maximum Gasteiger partial charge on any atom is 0.319 e. The second-order valence-corrected chi connectivity index (χ2v) is 4.96. The van der Waals surface area contributed by atoms with Gasteiger partial charge < -0.3 is 9.80 Å². The van der Waals surface area contributed by atoms with E-state index in [0.717, 1.165) is 38.7 Å². The Morgan fingerprint density at radius 1 is 1.37 bits per heavy atom. The molecular weight excluding hydrogens is 250 g/mol. The summed E-state index contributed by atoms with van der Waals surface area (Å²) in [5.74, 6) is -0.307.